The molecule has 1 unspecified atom stereocenters. The third-order valence-electron chi connectivity index (χ3n) is 4.36. The summed E-state index contributed by atoms with van der Waals surface area (Å²) in [5, 5.41) is 18.0. The number of esters is 1. The van der Waals surface area contributed by atoms with Crippen LogP contribution in [0.3, 0.4) is 0 Å². The highest BCUT2D eigenvalue weighted by molar-refractivity contribution is 14.0. The zero-order valence-electron chi connectivity index (χ0n) is 17.1. The minimum absolute atomic E-state index is 0. The Morgan fingerprint density at radius 2 is 1.97 bits per heavy atom. The van der Waals surface area contributed by atoms with Crippen LogP contribution in [0, 0.1) is 0 Å². The molecule has 0 amide bonds. The minimum Gasteiger partial charge on any atom is -0.466 e. The molecule has 0 fully saturated rings. The van der Waals surface area contributed by atoms with E-state index < -0.39 is 6.10 Å². The zero-order valence-corrected chi connectivity index (χ0v) is 20.3. The van der Waals surface area contributed by atoms with E-state index in [0.29, 0.717) is 25.5 Å². The molecule has 0 radical (unpaired) electrons. The second-order valence-electron chi connectivity index (χ2n) is 6.55. The fraction of sp³-hybridized carbons (Fsp3) is 0.524. The average molecular weight is 533 g/mol. The van der Waals surface area contributed by atoms with Crippen molar-refractivity contribution in [2.45, 2.75) is 45.1 Å². The Labute approximate surface area is 194 Å². The summed E-state index contributed by atoms with van der Waals surface area (Å²) < 4.78 is 6.10. The van der Waals surface area contributed by atoms with Crippen LogP contribution < -0.4 is 10.6 Å². The molecule has 0 aliphatic carbocycles. The Kier molecular flexibility index (Phi) is 12.9. The molecule has 162 valence electrons. The molecule has 0 saturated carbocycles. The van der Waals surface area contributed by atoms with Crippen LogP contribution in [0.15, 0.2) is 35.3 Å². The van der Waals surface area contributed by atoms with Crippen molar-refractivity contribution in [2.75, 3.05) is 26.7 Å². The number of carbonyl (C=O) groups is 1. The van der Waals surface area contributed by atoms with Crippen LogP contribution in [0.2, 0.25) is 0 Å². The van der Waals surface area contributed by atoms with Gasteiger partial charge in [0, 0.05) is 36.1 Å². The van der Waals surface area contributed by atoms with Gasteiger partial charge in [0.05, 0.1) is 6.61 Å². The van der Waals surface area contributed by atoms with Gasteiger partial charge in [0.2, 0.25) is 0 Å². The Balaban J connectivity index is 0.00000420. The Hall–Kier alpha value is -1.39. The number of fused-ring (bicyclic) bond motifs is 1. The second-order valence-corrected chi connectivity index (χ2v) is 7.67. The summed E-state index contributed by atoms with van der Waals surface area (Å²) in [5.41, 5.74) is 0. The number of hydrogen-bond donors (Lipinski definition) is 3. The number of hydrogen-bond acceptors (Lipinski definition) is 5. The molecule has 1 aromatic heterocycles. The SMILES string of the molecule is CCOC(=O)CCCCCCNC(=NC)NCC(O)c1cc2ccccc2s1.I. The van der Waals surface area contributed by atoms with E-state index in [1.54, 1.807) is 18.4 Å². The summed E-state index contributed by atoms with van der Waals surface area (Å²) in [4.78, 5) is 16.4. The van der Waals surface area contributed by atoms with Crippen LogP contribution in [0.25, 0.3) is 10.1 Å². The summed E-state index contributed by atoms with van der Waals surface area (Å²) in [6, 6.07) is 10.2. The van der Waals surface area contributed by atoms with Gasteiger partial charge >= 0.3 is 5.97 Å². The summed E-state index contributed by atoms with van der Waals surface area (Å²) in [5.74, 6) is 0.578. The first-order valence-electron chi connectivity index (χ1n) is 9.90. The van der Waals surface area contributed by atoms with Crippen molar-refractivity contribution in [2.24, 2.45) is 4.99 Å². The fourth-order valence-electron chi connectivity index (χ4n) is 2.87. The van der Waals surface area contributed by atoms with E-state index in [4.69, 9.17) is 4.74 Å². The molecule has 1 heterocycles. The first-order chi connectivity index (χ1) is 13.6. The Bertz CT molecular complexity index is 733. The van der Waals surface area contributed by atoms with E-state index >= 15 is 0 Å². The molecular formula is C21H32IN3O3S. The fourth-order valence-corrected chi connectivity index (χ4v) is 3.92. The highest BCUT2D eigenvalue weighted by Crippen LogP contribution is 2.29. The highest BCUT2D eigenvalue weighted by Gasteiger charge is 2.12. The monoisotopic (exact) mass is 533 g/mol. The maximum Gasteiger partial charge on any atom is 0.305 e. The second kappa shape index (κ2) is 14.6. The van der Waals surface area contributed by atoms with Gasteiger partial charge in [0.25, 0.3) is 0 Å². The van der Waals surface area contributed by atoms with Crippen molar-refractivity contribution in [1.82, 2.24) is 10.6 Å². The van der Waals surface area contributed by atoms with Crippen molar-refractivity contribution < 1.29 is 14.6 Å². The number of nitrogens with one attached hydrogen (secondary N) is 2. The lowest BCUT2D eigenvalue weighted by Crippen LogP contribution is -2.39. The summed E-state index contributed by atoms with van der Waals surface area (Å²) >= 11 is 1.62. The van der Waals surface area contributed by atoms with Crippen molar-refractivity contribution >= 4 is 57.3 Å². The quantitative estimate of drug-likeness (QED) is 0.132. The molecule has 0 bridgehead atoms. The van der Waals surface area contributed by atoms with Gasteiger partial charge in [-0.15, -0.1) is 35.3 Å². The molecule has 3 N–H and O–H groups in total. The van der Waals surface area contributed by atoms with Gasteiger partial charge in [-0.05, 0) is 37.3 Å². The largest absolute Gasteiger partial charge is 0.466 e. The predicted octanol–water partition coefficient (Wildman–Crippen LogP) is 4.23. The average Bonchev–Trinajstić information content (AvgIpc) is 3.14. The first kappa shape index (κ1) is 25.6. The number of aliphatic hydroxyl groups is 1. The van der Waals surface area contributed by atoms with Gasteiger partial charge < -0.3 is 20.5 Å². The van der Waals surface area contributed by atoms with E-state index in [2.05, 4.69) is 27.8 Å². The highest BCUT2D eigenvalue weighted by atomic mass is 127. The molecule has 6 nitrogen and oxygen atoms in total. The lowest BCUT2D eigenvalue weighted by molar-refractivity contribution is -0.143. The number of carbonyl (C=O) groups excluding carboxylic acids is 1. The van der Waals surface area contributed by atoms with Crippen LogP contribution in [0.5, 0.6) is 0 Å². The van der Waals surface area contributed by atoms with Crippen molar-refractivity contribution in [3.05, 3.63) is 35.2 Å². The number of nitrogens with zero attached hydrogens (tertiary/aromatic N) is 1. The molecule has 0 aliphatic rings. The zero-order chi connectivity index (χ0) is 20.2. The normalized spacial score (nSPS) is 12.3. The van der Waals surface area contributed by atoms with Crippen LogP contribution >= 0.6 is 35.3 Å². The van der Waals surface area contributed by atoms with Gasteiger partial charge in [-0.1, -0.05) is 31.0 Å². The molecule has 29 heavy (non-hydrogen) atoms. The maximum atomic E-state index is 11.3. The Morgan fingerprint density at radius 1 is 1.21 bits per heavy atom. The van der Waals surface area contributed by atoms with E-state index in [1.165, 1.54) is 4.70 Å². The number of ether oxygens (including phenoxy) is 1. The van der Waals surface area contributed by atoms with Crippen LogP contribution in [-0.2, 0) is 9.53 Å². The first-order valence-corrected chi connectivity index (χ1v) is 10.7. The third-order valence-corrected chi connectivity index (χ3v) is 5.58. The molecule has 1 atom stereocenters. The minimum atomic E-state index is -0.571. The van der Waals surface area contributed by atoms with Gasteiger partial charge in [0.1, 0.15) is 6.10 Å². The van der Waals surface area contributed by atoms with Gasteiger partial charge in [-0.2, -0.15) is 0 Å². The molecule has 0 saturated heterocycles. The number of unbranched alkanes of at least 4 members (excludes halogenated alkanes) is 3. The number of aliphatic imine (C=N–C) groups is 1. The molecule has 0 aliphatic heterocycles. The number of guanidine groups is 1. The lowest BCUT2D eigenvalue weighted by atomic mass is 10.1. The topological polar surface area (TPSA) is 83.0 Å². The Morgan fingerprint density at radius 3 is 2.69 bits per heavy atom. The van der Waals surface area contributed by atoms with Crippen LogP contribution in [-0.4, -0.2) is 43.8 Å². The van der Waals surface area contributed by atoms with E-state index in [9.17, 15) is 9.90 Å². The summed E-state index contributed by atoms with van der Waals surface area (Å²) in [7, 11) is 1.72. The number of halogens is 1. The van der Waals surface area contributed by atoms with E-state index in [1.807, 2.05) is 25.1 Å². The molecule has 8 heteroatoms. The van der Waals surface area contributed by atoms with E-state index in [0.717, 1.165) is 42.5 Å². The van der Waals surface area contributed by atoms with Gasteiger partial charge in [0.15, 0.2) is 5.96 Å². The summed E-state index contributed by atoms with van der Waals surface area (Å²) in [6.07, 6.45) is 3.86. The third kappa shape index (κ3) is 9.31. The molecule has 0 spiro atoms. The van der Waals surface area contributed by atoms with Crippen molar-refractivity contribution in [3.63, 3.8) is 0 Å². The maximum absolute atomic E-state index is 11.3. The molecular weight excluding hydrogens is 501 g/mol. The number of aliphatic hydroxyl groups excluding tert-OH is 1. The number of rotatable bonds is 11. The standard InChI is InChI=1S/C21H31N3O3S.HI/c1-3-27-20(26)12-6-4-5-9-13-23-21(22-2)24-15-17(25)19-14-16-10-7-8-11-18(16)28-19;/h7-8,10-11,14,17,25H,3-6,9,12-13,15H2,1-2H3,(H2,22,23,24);1H. The smallest absolute Gasteiger partial charge is 0.305 e. The van der Waals surface area contributed by atoms with Crippen LogP contribution in [0.4, 0.5) is 0 Å². The lowest BCUT2D eigenvalue weighted by Gasteiger charge is -2.14. The van der Waals surface area contributed by atoms with Gasteiger partial charge in [-0.3, -0.25) is 9.79 Å². The predicted molar refractivity (Wildman–Crippen MR) is 131 cm³/mol. The van der Waals surface area contributed by atoms with Crippen molar-refractivity contribution in [1.29, 1.82) is 0 Å². The number of benzene rings is 1. The van der Waals surface area contributed by atoms with Crippen LogP contribution in [0.1, 0.15) is 50.0 Å². The molecule has 1 aromatic carbocycles. The van der Waals surface area contributed by atoms with E-state index in [-0.39, 0.29) is 29.9 Å². The molecule has 2 aromatic rings. The van der Waals surface area contributed by atoms with Gasteiger partial charge in [-0.25, -0.2) is 0 Å². The molecule has 2 rings (SSSR count). The van der Waals surface area contributed by atoms with Crippen molar-refractivity contribution in [3.8, 4) is 0 Å². The summed E-state index contributed by atoms with van der Waals surface area (Å²) in [6.45, 7) is 3.49. The number of thiophene rings is 1.